The third-order valence-electron chi connectivity index (χ3n) is 0.543. The number of carbonyl (C=O) groups is 1. The minimum Gasteiger partial charge on any atom is -1.00 e. The van der Waals surface area contributed by atoms with Crippen LogP contribution in [0.5, 0.6) is 0 Å². The van der Waals surface area contributed by atoms with Crippen molar-refractivity contribution in [3.05, 3.63) is 7.05 Å². The third kappa shape index (κ3) is 13.7. The van der Waals surface area contributed by atoms with E-state index in [9.17, 15) is 4.79 Å². The maximum absolute atomic E-state index is 10.4. The molecule has 0 atom stereocenters. The van der Waals surface area contributed by atoms with Crippen LogP contribution in [-0.4, -0.2) is 34.7 Å². The van der Waals surface area contributed by atoms with Gasteiger partial charge in [-0.25, -0.2) is 4.79 Å². The van der Waals surface area contributed by atoms with Gasteiger partial charge in [0.25, 0.3) is 0 Å². The smallest absolute Gasteiger partial charge is 1.00 e. The van der Waals surface area contributed by atoms with E-state index in [1.54, 1.807) is 20.8 Å². The Morgan fingerprint density at radius 3 is 1.91 bits per heavy atom. The van der Waals surface area contributed by atoms with E-state index in [0.29, 0.717) is 0 Å². The van der Waals surface area contributed by atoms with Crippen molar-refractivity contribution in [1.82, 2.24) is 5.32 Å². The first-order chi connectivity index (χ1) is 3.95. The molecule has 0 rings (SSSR count). The molecule has 1 amide bonds. The molecule has 1 N–H and O–H groups in total. The Kier molecular flexibility index (Phi) is 12.0. The summed E-state index contributed by atoms with van der Waals surface area (Å²) in [5, 5.41) is 2.11. The maximum atomic E-state index is 10.4. The summed E-state index contributed by atoms with van der Waals surface area (Å²) in [6, 6.07) is 0. The fourth-order valence-electron chi connectivity index (χ4n) is 0.314. The van der Waals surface area contributed by atoms with Gasteiger partial charge in [0.05, 0.1) is 0 Å². The van der Waals surface area contributed by atoms with Crippen molar-refractivity contribution in [3.8, 4) is 0 Å². The van der Waals surface area contributed by atoms with E-state index in [1.807, 2.05) is 0 Å². The summed E-state index contributed by atoms with van der Waals surface area (Å²) >= 11 is 0. The summed E-state index contributed by atoms with van der Waals surface area (Å²) in [6.07, 6.45) is -0.498. The molecule has 0 heterocycles. The largest absolute Gasteiger partial charge is 2.00 e. The van der Waals surface area contributed by atoms with Crippen molar-refractivity contribution in [2.24, 2.45) is 0 Å². The average Bonchev–Trinajstić information content (AvgIpc) is 1.62. The topological polar surface area (TPSA) is 38.3 Å². The number of carbonyl (C=O) groups excluding carboxylic acids is 1. The van der Waals surface area contributed by atoms with E-state index in [-0.39, 0.29) is 47.0 Å². The second kappa shape index (κ2) is 7.42. The van der Waals surface area contributed by atoms with Gasteiger partial charge < -0.3 is 34.0 Å². The van der Waals surface area contributed by atoms with Crippen LogP contribution in [0.3, 0.4) is 0 Å². The quantitative estimate of drug-likeness (QED) is 0.315. The molecule has 11 heavy (non-hydrogen) atoms. The standard InChI is InChI=1S/C6H12NO2.HI.Mg/c1-6(2,3)9-5(8)7-4;;/h4H2,1-3H3,(H,7,8);1H;/q-1;;+2/p-1. The Labute approximate surface area is 101 Å². The Bertz CT molecular complexity index is 114. The van der Waals surface area contributed by atoms with E-state index >= 15 is 0 Å². The van der Waals surface area contributed by atoms with Gasteiger partial charge in [0, 0.05) is 0 Å². The minimum atomic E-state index is -0.498. The van der Waals surface area contributed by atoms with Crippen LogP contribution < -0.4 is 29.3 Å². The Morgan fingerprint density at radius 1 is 1.45 bits per heavy atom. The molecule has 0 fully saturated rings. The molecule has 3 nitrogen and oxygen atoms in total. The van der Waals surface area contributed by atoms with E-state index in [1.165, 1.54) is 0 Å². The molecule has 0 aromatic heterocycles. The molecule has 0 aliphatic rings. The molecular formula is C6H12IMgNO2. The second-order valence-electron chi connectivity index (χ2n) is 2.68. The number of amides is 1. The Hall–Kier alpha value is 0.766. The van der Waals surface area contributed by atoms with Gasteiger partial charge in [-0.1, -0.05) is 0 Å². The molecule has 0 radical (unpaired) electrons. The molecule has 0 aliphatic heterocycles. The van der Waals surface area contributed by atoms with Crippen molar-refractivity contribution in [2.75, 3.05) is 0 Å². The Morgan fingerprint density at radius 2 is 1.82 bits per heavy atom. The molecule has 0 bridgehead atoms. The summed E-state index contributed by atoms with van der Waals surface area (Å²) < 4.78 is 4.77. The van der Waals surface area contributed by atoms with Gasteiger partial charge in [0.1, 0.15) is 5.60 Å². The summed E-state index contributed by atoms with van der Waals surface area (Å²) in [7, 11) is 3.15. The van der Waals surface area contributed by atoms with Crippen LogP contribution in [0.4, 0.5) is 4.79 Å². The molecule has 5 heteroatoms. The van der Waals surface area contributed by atoms with Gasteiger partial charge >= 0.3 is 29.1 Å². The molecule has 0 aliphatic carbocycles. The zero-order valence-corrected chi connectivity index (χ0v) is 10.7. The van der Waals surface area contributed by atoms with Gasteiger partial charge in [-0.3, -0.25) is 7.05 Å². The SMILES string of the molecule is [CH2-]NC(=O)OC(C)(C)C.[I-].[Mg+2]. The van der Waals surface area contributed by atoms with Crippen LogP contribution in [0.15, 0.2) is 0 Å². The van der Waals surface area contributed by atoms with Crippen molar-refractivity contribution in [3.63, 3.8) is 0 Å². The minimum absolute atomic E-state index is 0. The van der Waals surface area contributed by atoms with Crippen molar-refractivity contribution < 1.29 is 33.5 Å². The third-order valence-corrected chi connectivity index (χ3v) is 0.543. The van der Waals surface area contributed by atoms with Crippen molar-refractivity contribution in [1.29, 1.82) is 0 Å². The first-order valence-corrected chi connectivity index (χ1v) is 2.72. The van der Waals surface area contributed by atoms with Crippen LogP contribution in [-0.2, 0) is 4.74 Å². The number of halogens is 1. The summed E-state index contributed by atoms with van der Waals surface area (Å²) in [4.78, 5) is 10.4. The maximum Gasteiger partial charge on any atom is 2.00 e. The van der Waals surface area contributed by atoms with Crippen LogP contribution in [0, 0.1) is 7.05 Å². The van der Waals surface area contributed by atoms with Crippen LogP contribution in [0.1, 0.15) is 20.8 Å². The molecule has 62 valence electrons. The summed E-state index contributed by atoms with van der Waals surface area (Å²) in [6.45, 7) is 5.38. The number of ether oxygens (including phenoxy) is 1. The average molecular weight is 281 g/mol. The van der Waals surface area contributed by atoms with E-state index in [2.05, 4.69) is 12.4 Å². The number of hydrogen-bond acceptors (Lipinski definition) is 2. The fraction of sp³-hybridized carbons (Fsp3) is 0.667. The van der Waals surface area contributed by atoms with E-state index in [0.717, 1.165) is 0 Å². The van der Waals surface area contributed by atoms with E-state index in [4.69, 9.17) is 4.74 Å². The predicted molar refractivity (Wildman–Crippen MR) is 40.5 cm³/mol. The number of rotatable bonds is 0. The molecule has 0 spiro atoms. The van der Waals surface area contributed by atoms with Crippen molar-refractivity contribution in [2.45, 2.75) is 26.4 Å². The molecule has 0 saturated carbocycles. The summed E-state index contributed by atoms with van der Waals surface area (Å²) in [5.41, 5.74) is -0.429. The normalized spacial score (nSPS) is 8.73. The molecule has 0 saturated heterocycles. The van der Waals surface area contributed by atoms with Crippen LogP contribution in [0.25, 0.3) is 0 Å². The molecular weight excluding hydrogens is 269 g/mol. The first kappa shape index (κ1) is 17.7. The fourth-order valence-corrected chi connectivity index (χ4v) is 0.314. The predicted octanol–water partition coefficient (Wildman–Crippen LogP) is -2.07. The Balaban J connectivity index is -0.000000320. The van der Waals surface area contributed by atoms with Gasteiger partial charge in [0.15, 0.2) is 0 Å². The van der Waals surface area contributed by atoms with Crippen LogP contribution >= 0.6 is 0 Å². The zero-order valence-electron chi connectivity index (χ0n) is 7.11. The number of nitrogens with one attached hydrogen (secondary N) is 1. The monoisotopic (exact) mass is 281 g/mol. The van der Waals surface area contributed by atoms with Gasteiger partial charge in [0.2, 0.25) is 0 Å². The second-order valence-corrected chi connectivity index (χ2v) is 2.68. The molecule has 0 aromatic carbocycles. The summed E-state index contributed by atoms with van der Waals surface area (Å²) in [5.74, 6) is 0. The van der Waals surface area contributed by atoms with Gasteiger partial charge in [-0.15, -0.1) is 0 Å². The number of hydrogen-bond donors (Lipinski definition) is 1. The molecule has 0 unspecified atom stereocenters. The van der Waals surface area contributed by atoms with Gasteiger partial charge in [-0.05, 0) is 20.8 Å². The van der Waals surface area contributed by atoms with E-state index < -0.39 is 11.7 Å². The first-order valence-electron chi connectivity index (χ1n) is 2.72. The zero-order chi connectivity index (χ0) is 7.49. The van der Waals surface area contributed by atoms with Crippen molar-refractivity contribution >= 4 is 29.1 Å². The van der Waals surface area contributed by atoms with Gasteiger partial charge in [-0.2, -0.15) is 0 Å². The number of alkyl carbamates (subject to hydrolysis) is 1. The molecule has 0 aromatic rings. The van der Waals surface area contributed by atoms with Crippen LogP contribution in [0.2, 0.25) is 0 Å².